The SMILES string of the molecule is CCNc1c(F)cccc1C(=O)N(CC1CC1)CC1CC1. The number of nitrogens with zero attached hydrogens (tertiary/aromatic N) is 1. The Kier molecular flexibility index (Phi) is 4.13. The number of anilines is 1. The van der Waals surface area contributed by atoms with Gasteiger partial charge in [-0.05, 0) is 56.6 Å². The highest BCUT2D eigenvalue weighted by Gasteiger charge is 2.32. The molecular weight excluding hydrogens is 267 g/mol. The van der Waals surface area contributed by atoms with Crippen LogP contribution in [0.5, 0.6) is 0 Å². The maximum Gasteiger partial charge on any atom is 0.256 e. The van der Waals surface area contributed by atoms with E-state index in [0.717, 1.165) is 13.1 Å². The molecule has 114 valence electrons. The van der Waals surface area contributed by atoms with Crippen LogP contribution >= 0.6 is 0 Å². The van der Waals surface area contributed by atoms with Crippen LogP contribution < -0.4 is 5.32 Å². The molecule has 2 aliphatic carbocycles. The van der Waals surface area contributed by atoms with Crippen LogP contribution in [0.2, 0.25) is 0 Å². The average Bonchev–Trinajstić information content (AvgIpc) is 3.35. The molecule has 1 N–H and O–H groups in total. The van der Waals surface area contributed by atoms with Crippen molar-refractivity contribution in [1.29, 1.82) is 0 Å². The minimum atomic E-state index is -0.347. The van der Waals surface area contributed by atoms with Crippen molar-refractivity contribution in [2.24, 2.45) is 11.8 Å². The number of halogens is 1. The van der Waals surface area contributed by atoms with Crippen LogP contribution in [0, 0.1) is 17.7 Å². The molecule has 0 aliphatic heterocycles. The Bertz CT molecular complexity index is 510. The van der Waals surface area contributed by atoms with Crippen LogP contribution in [-0.2, 0) is 0 Å². The number of amides is 1. The van der Waals surface area contributed by atoms with Gasteiger partial charge in [0.1, 0.15) is 5.82 Å². The summed E-state index contributed by atoms with van der Waals surface area (Å²) in [6.45, 7) is 4.17. The van der Waals surface area contributed by atoms with Crippen molar-refractivity contribution in [2.45, 2.75) is 32.6 Å². The first-order chi connectivity index (χ1) is 10.2. The molecule has 3 rings (SSSR count). The maximum atomic E-state index is 14.0. The Morgan fingerprint density at radius 1 is 1.24 bits per heavy atom. The predicted molar refractivity (Wildman–Crippen MR) is 81.9 cm³/mol. The van der Waals surface area contributed by atoms with Crippen molar-refractivity contribution in [2.75, 3.05) is 25.0 Å². The van der Waals surface area contributed by atoms with Gasteiger partial charge in [0, 0.05) is 19.6 Å². The fraction of sp³-hybridized carbons (Fsp3) is 0.588. The second kappa shape index (κ2) is 6.04. The van der Waals surface area contributed by atoms with Crippen molar-refractivity contribution in [1.82, 2.24) is 4.90 Å². The zero-order chi connectivity index (χ0) is 14.8. The van der Waals surface area contributed by atoms with Crippen molar-refractivity contribution in [3.8, 4) is 0 Å². The highest BCUT2D eigenvalue weighted by Crippen LogP contribution is 2.35. The zero-order valence-corrected chi connectivity index (χ0v) is 12.6. The van der Waals surface area contributed by atoms with Gasteiger partial charge in [0.15, 0.2) is 0 Å². The number of carbonyl (C=O) groups is 1. The first-order valence-electron chi connectivity index (χ1n) is 8.00. The van der Waals surface area contributed by atoms with Crippen LogP contribution in [0.15, 0.2) is 18.2 Å². The normalized spacial score (nSPS) is 17.6. The molecule has 21 heavy (non-hydrogen) atoms. The van der Waals surface area contributed by atoms with E-state index < -0.39 is 0 Å². The van der Waals surface area contributed by atoms with Gasteiger partial charge < -0.3 is 10.2 Å². The van der Waals surface area contributed by atoms with E-state index >= 15 is 0 Å². The monoisotopic (exact) mass is 290 g/mol. The quantitative estimate of drug-likeness (QED) is 0.833. The highest BCUT2D eigenvalue weighted by molar-refractivity contribution is 5.99. The second-order valence-electron chi connectivity index (χ2n) is 6.29. The van der Waals surface area contributed by atoms with Crippen LogP contribution in [-0.4, -0.2) is 30.4 Å². The van der Waals surface area contributed by atoms with Gasteiger partial charge in [-0.25, -0.2) is 4.39 Å². The molecule has 0 aromatic heterocycles. The van der Waals surface area contributed by atoms with E-state index in [4.69, 9.17) is 0 Å². The van der Waals surface area contributed by atoms with Gasteiger partial charge in [-0.1, -0.05) is 6.07 Å². The van der Waals surface area contributed by atoms with Gasteiger partial charge in [-0.3, -0.25) is 4.79 Å². The van der Waals surface area contributed by atoms with Crippen LogP contribution in [0.3, 0.4) is 0 Å². The van der Waals surface area contributed by atoms with Gasteiger partial charge in [0.2, 0.25) is 0 Å². The Labute approximate surface area is 125 Å². The third-order valence-corrected chi connectivity index (χ3v) is 4.24. The van der Waals surface area contributed by atoms with Gasteiger partial charge in [0.05, 0.1) is 11.3 Å². The lowest BCUT2D eigenvalue weighted by Crippen LogP contribution is -2.35. The zero-order valence-electron chi connectivity index (χ0n) is 12.6. The van der Waals surface area contributed by atoms with E-state index in [1.807, 2.05) is 11.8 Å². The summed E-state index contributed by atoms with van der Waals surface area (Å²) in [6.07, 6.45) is 4.88. The molecule has 0 radical (unpaired) electrons. The summed E-state index contributed by atoms with van der Waals surface area (Å²) in [6, 6.07) is 4.76. The van der Waals surface area contributed by atoms with E-state index in [9.17, 15) is 9.18 Å². The molecule has 0 heterocycles. The molecular formula is C17H23FN2O. The predicted octanol–water partition coefficient (Wildman–Crippen LogP) is 3.52. The lowest BCUT2D eigenvalue weighted by atomic mass is 10.1. The molecule has 1 aromatic rings. The lowest BCUT2D eigenvalue weighted by Gasteiger charge is -2.24. The molecule has 4 heteroatoms. The first-order valence-corrected chi connectivity index (χ1v) is 8.00. The minimum absolute atomic E-state index is 0.0238. The summed E-state index contributed by atoms with van der Waals surface area (Å²) in [5.41, 5.74) is 0.819. The van der Waals surface area contributed by atoms with Crippen LogP contribution in [0.1, 0.15) is 43.0 Å². The number of para-hydroxylation sites is 1. The standard InChI is InChI=1S/C17H23FN2O/c1-2-19-16-14(4-3-5-15(16)18)17(21)20(10-12-6-7-12)11-13-8-9-13/h3-5,12-13,19H,2,6-11H2,1H3. The molecule has 3 nitrogen and oxygen atoms in total. The fourth-order valence-corrected chi connectivity index (χ4v) is 2.69. The summed E-state index contributed by atoms with van der Waals surface area (Å²) in [5, 5.41) is 3.00. The van der Waals surface area contributed by atoms with Gasteiger partial charge in [0.25, 0.3) is 5.91 Å². The molecule has 1 aromatic carbocycles. The topological polar surface area (TPSA) is 32.3 Å². The molecule has 0 atom stereocenters. The maximum absolute atomic E-state index is 14.0. The van der Waals surface area contributed by atoms with Crippen molar-refractivity contribution in [3.63, 3.8) is 0 Å². The van der Waals surface area contributed by atoms with Crippen LogP contribution in [0.25, 0.3) is 0 Å². The Morgan fingerprint density at radius 2 is 1.86 bits per heavy atom. The molecule has 2 fully saturated rings. The molecule has 1 amide bonds. The fourth-order valence-electron chi connectivity index (χ4n) is 2.69. The number of carbonyl (C=O) groups excluding carboxylic acids is 1. The van der Waals surface area contributed by atoms with Crippen LogP contribution in [0.4, 0.5) is 10.1 Å². The summed E-state index contributed by atoms with van der Waals surface area (Å²) in [4.78, 5) is 14.8. The molecule has 0 unspecified atom stereocenters. The van der Waals surface area contributed by atoms with E-state index in [-0.39, 0.29) is 11.7 Å². The summed E-state index contributed by atoms with van der Waals surface area (Å²) in [5.74, 6) is 0.942. The molecule has 2 aliphatic rings. The van der Waals surface area contributed by atoms with Crippen molar-refractivity contribution >= 4 is 11.6 Å². The Morgan fingerprint density at radius 3 is 2.38 bits per heavy atom. The van der Waals surface area contributed by atoms with E-state index in [1.54, 1.807) is 12.1 Å². The third kappa shape index (κ3) is 3.55. The van der Waals surface area contributed by atoms with Crippen molar-refractivity contribution < 1.29 is 9.18 Å². The summed E-state index contributed by atoms with van der Waals surface area (Å²) < 4.78 is 14.0. The number of benzene rings is 1. The number of hydrogen-bond donors (Lipinski definition) is 1. The van der Waals surface area contributed by atoms with E-state index in [0.29, 0.717) is 29.6 Å². The second-order valence-corrected chi connectivity index (χ2v) is 6.29. The van der Waals surface area contributed by atoms with Gasteiger partial charge in [-0.2, -0.15) is 0 Å². The van der Waals surface area contributed by atoms with Gasteiger partial charge >= 0.3 is 0 Å². The summed E-state index contributed by atoms with van der Waals surface area (Å²) in [7, 11) is 0. The van der Waals surface area contributed by atoms with E-state index in [1.165, 1.54) is 31.7 Å². The highest BCUT2D eigenvalue weighted by atomic mass is 19.1. The summed E-state index contributed by atoms with van der Waals surface area (Å²) >= 11 is 0. The first kappa shape index (κ1) is 14.4. The minimum Gasteiger partial charge on any atom is -0.382 e. The Balaban J connectivity index is 1.81. The van der Waals surface area contributed by atoms with Gasteiger partial charge in [-0.15, -0.1) is 0 Å². The smallest absolute Gasteiger partial charge is 0.256 e. The lowest BCUT2D eigenvalue weighted by molar-refractivity contribution is 0.0740. The average molecular weight is 290 g/mol. The van der Waals surface area contributed by atoms with Crippen molar-refractivity contribution in [3.05, 3.63) is 29.6 Å². The molecule has 0 bridgehead atoms. The number of nitrogens with one attached hydrogen (secondary N) is 1. The largest absolute Gasteiger partial charge is 0.382 e. The third-order valence-electron chi connectivity index (χ3n) is 4.24. The van der Waals surface area contributed by atoms with E-state index in [2.05, 4.69) is 5.32 Å². The molecule has 2 saturated carbocycles. The molecule has 0 spiro atoms. The Hall–Kier alpha value is -1.58. The number of rotatable bonds is 7. The number of hydrogen-bond acceptors (Lipinski definition) is 2. The molecule has 0 saturated heterocycles.